The molecule has 0 bridgehead atoms. The minimum Gasteiger partial charge on any atom is -0.340 e. The van der Waals surface area contributed by atoms with E-state index in [2.05, 4.69) is 28.7 Å². The summed E-state index contributed by atoms with van der Waals surface area (Å²) in [5.41, 5.74) is 2.12. The fourth-order valence-electron chi connectivity index (χ4n) is 3.15. The van der Waals surface area contributed by atoms with Crippen LogP contribution in [0.3, 0.4) is 0 Å². The van der Waals surface area contributed by atoms with Crippen molar-refractivity contribution in [3.05, 3.63) is 55.0 Å². The number of aromatic nitrogens is 2. The molecule has 1 fully saturated rings. The van der Waals surface area contributed by atoms with E-state index in [1.165, 1.54) is 0 Å². The average Bonchev–Trinajstić information content (AvgIpc) is 3.10. The standard InChI is InChI=1S/C19H23N3O/c1-2-3-12-18(23)22-13-8-7-11-17(22)19-20-14-16(21-19)15-9-5-4-6-10-15/h2,4-6,9-10,14,17H,1,3,7-8,11-13H2,(H,20,21). The summed E-state index contributed by atoms with van der Waals surface area (Å²) in [6.07, 6.45) is 8.12. The van der Waals surface area contributed by atoms with Gasteiger partial charge in [0.1, 0.15) is 5.82 Å². The molecule has 3 rings (SSSR count). The third-order valence-electron chi connectivity index (χ3n) is 4.38. The minimum atomic E-state index is 0.0681. The van der Waals surface area contributed by atoms with Gasteiger partial charge in [-0.2, -0.15) is 0 Å². The highest BCUT2D eigenvalue weighted by molar-refractivity contribution is 5.77. The number of H-pyrrole nitrogens is 1. The molecule has 4 heteroatoms. The second-order valence-corrected chi connectivity index (χ2v) is 5.97. The topological polar surface area (TPSA) is 49.0 Å². The summed E-state index contributed by atoms with van der Waals surface area (Å²) >= 11 is 0. The summed E-state index contributed by atoms with van der Waals surface area (Å²) in [5, 5.41) is 0. The molecule has 0 spiro atoms. The van der Waals surface area contributed by atoms with Crippen molar-refractivity contribution in [2.45, 2.75) is 38.1 Å². The Morgan fingerprint density at radius 2 is 2.17 bits per heavy atom. The number of hydrogen-bond acceptors (Lipinski definition) is 2. The molecule has 0 saturated carbocycles. The number of carbonyl (C=O) groups excluding carboxylic acids is 1. The van der Waals surface area contributed by atoms with Crippen LogP contribution in [-0.4, -0.2) is 27.3 Å². The van der Waals surface area contributed by atoms with E-state index in [0.717, 1.165) is 49.3 Å². The highest BCUT2D eigenvalue weighted by atomic mass is 16.2. The number of aromatic amines is 1. The zero-order valence-electron chi connectivity index (χ0n) is 13.4. The molecule has 1 aromatic heterocycles. The fourth-order valence-corrected chi connectivity index (χ4v) is 3.15. The Kier molecular flexibility index (Phi) is 4.91. The second-order valence-electron chi connectivity index (χ2n) is 5.97. The van der Waals surface area contributed by atoms with Crippen LogP contribution in [0, 0.1) is 0 Å². The van der Waals surface area contributed by atoms with Gasteiger partial charge in [0.15, 0.2) is 0 Å². The maximum absolute atomic E-state index is 12.5. The number of rotatable bonds is 5. The summed E-state index contributed by atoms with van der Waals surface area (Å²) in [5.74, 6) is 1.10. The zero-order chi connectivity index (χ0) is 16.1. The molecule has 1 aliphatic rings. The van der Waals surface area contributed by atoms with Gasteiger partial charge in [-0.3, -0.25) is 4.79 Å². The molecule has 1 aromatic carbocycles. The number of benzene rings is 1. The molecule has 1 N–H and O–H groups in total. The van der Waals surface area contributed by atoms with Gasteiger partial charge in [0.25, 0.3) is 0 Å². The molecule has 1 atom stereocenters. The molecular formula is C19H23N3O. The molecular weight excluding hydrogens is 286 g/mol. The number of piperidine rings is 1. The van der Waals surface area contributed by atoms with E-state index in [4.69, 9.17) is 0 Å². The highest BCUT2D eigenvalue weighted by Crippen LogP contribution is 2.31. The predicted octanol–water partition coefficient (Wildman–Crippen LogP) is 4.10. The van der Waals surface area contributed by atoms with Crippen LogP contribution in [0.15, 0.2) is 49.2 Å². The smallest absolute Gasteiger partial charge is 0.223 e. The summed E-state index contributed by atoms with van der Waals surface area (Å²) in [6, 6.07) is 10.2. The lowest BCUT2D eigenvalue weighted by Gasteiger charge is -2.34. The Bertz CT molecular complexity index is 662. The first-order chi connectivity index (χ1) is 11.3. The molecule has 1 amide bonds. The van der Waals surface area contributed by atoms with Crippen LogP contribution in [0.4, 0.5) is 0 Å². The number of allylic oxidation sites excluding steroid dienone is 1. The van der Waals surface area contributed by atoms with E-state index in [0.29, 0.717) is 6.42 Å². The largest absolute Gasteiger partial charge is 0.340 e. The van der Waals surface area contributed by atoms with Gasteiger partial charge in [-0.1, -0.05) is 36.4 Å². The average molecular weight is 309 g/mol. The molecule has 120 valence electrons. The SMILES string of the molecule is C=CCCC(=O)N1CCCCC1c1ncc(-c2ccccc2)[nH]1. The van der Waals surface area contributed by atoms with Crippen molar-refractivity contribution in [3.63, 3.8) is 0 Å². The zero-order valence-corrected chi connectivity index (χ0v) is 13.4. The lowest BCUT2D eigenvalue weighted by molar-refractivity contribution is -0.135. The first-order valence-corrected chi connectivity index (χ1v) is 8.30. The van der Waals surface area contributed by atoms with Crippen LogP contribution in [0.5, 0.6) is 0 Å². The molecule has 4 nitrogen and oxygen atoms in total. The van der Waals surface area contributed by atoms with Crippen molar-refractivity contribution in [2.75, 3.05) is 6.54 Å². The van der Waals surface area contributed by atoms with Crippen LogP contribution in [0.1, 0.15) is 44.0 Å². The van der Waals surface area contributed by atoms with Gasteiger partial charge in [-0.15, -0.1) is 6.58 Å². The van der Waals surface area contributed by atoms with Crippen LogP contribution in [0.2, 0.25) is 0 Å². The van der Waals surface area contributed by atoms with Gasteiger partial charge in [0, 0.05) is 13.0 Å². The highest BCUT2D eigenvalue weighted by Gasteiger charge is 2.29. The van der Waals surface area contributed by atoms with E-state index >= 15 is 0 Å². The Hall–Kier alpha value is -2.36. The van der Waals surface area contributed by atoms with E-state index < -0.39 is 0 Å². The van der Waals surface area contributed by atoms with E-state index in [9.17, 15) is 4.79 Å². The molecule has 1 aliphatic heterocycles. The monoisotopic (exact) mass is 309 g/mol. The van der Waals surface area contributed by atoms with Crippen molar-refractivity contribution in [2.24, 2.45) is 0 Å². The summed E-state index contributed by atoms with van der Waals surface area (Å²) in [6.45, 7) is 4.52. The number of nitrogens with one attached hydrogen (secondary N) is 1. The van der Waals surface area contributed by atoms with Crippen molar-refractivity contribution < 1.29 is 4.79 Å². The first kappa shape index (κ1) is 15.5. The van der Waals surface area contributed by atoms with Crippen molar-refractivity contribution in [3.8, 4) is 11.3 Å². The maximum Gasteiger partial charge on any atom is 0.223 e. The van der Waals surface area contributed by atoms with Crippen LogP contribution >= 0.6 is 0 Å². The molecule has 0 aliphatic carbocycles. The quantitative estimate of drug-likeness (QED) is 0.845. The molecule has 2 aromatic rings. The van der Waals surface area contributed by atoms with E-state index in [-0.39, 0.29) is 11.9 Å². The number of nitrogens with zero attached hydrogens (tertiary/aromatic N) is 2. The van der Waals surface area contributed by atoms with Crippen LogP contribution in [-0.2, 0) is 4.79 Å². The number of carbonyl (C=O) groups is 1. The molecule has 23 heavy (non-hydrogen) atoms. The summed E-state index contributed by atoms with van der Waals surface area (Å²) < 4.78 is 0. The number of imidazole rings is 1. The Morgan fingerprint density at radius 1 is 1.35 bits per heavy atom. The summed E-state index contributed by atoms with van der Waals surface area (Å²) in [7, 11) is 0. The normalized spacial score (nSPS) is 17.9. The number of likely N-dealkylation sites (tertiary alicyclic amines) is 1. The molecule has 2 heterocycles. The minimum absolute atomic E-state index is 0.0681. The lowest BCUT2D eigenvalue weighted by Crippen LogP contribution is -2.38. The summed E-state index contributed by atoms with van der Waals surface area (Å²) in [4.78, 5) is 22.4. The Labute approximate surface area is 137 Å². The van der Waals surface area contributed by atoms with Crippen LogP contribution < -0.4 is 0 Å². The van der Waals surface area contributed by atoms with Gasteiger partial charge in [-0.05, 0) is 31.2 Å². The van der Waals surface area contributed by atoms with E-state index in [1.807, 2.05) is 29.3 Å². The van der Waals surface area contributed by atoms with Crippen LogP contribution in [0.25, 0.3) is 11.3 Å². The van der Waals surface area contributed by atoms with E-state index in [1.54, 1.807) is 6.08 Å². The lowest BCUT2D eigenvalue weighted by atomic mass is 10.0. The fraction of sp³-hybridized carbons (Fsp3) is 0.368. The first-order valence-electron chi connectivity index (χ1n) is 8.30. The Morgan fingerprint density at radius 3 is 2.96 bits per heavy atom. The van der Waals surface area contributed by atoms with Gasteiger partial charge >= 0.3 is 0 Å². The van der Waals surface area contributed by atoms with Crippen molar-refractivity contribution in [1.29, 1.82) is 0 Å². The molecule has 1 saturated heterocycles. The molecule has 0 radical (unpaired) electrons. The Balaban J connectivity index is 1.79. The molecule has 1 unspecified atom stereocenters. The third-order valence-corrected chi connectivity index (χ3v) is 4.38. The van der Waals surface area contributed by atoms with Gasteiger partial charge in [0.05, 0.1) is 17.9 Å². The second kappa shape index (κ2) is 7.27. The predicted molar refractivity (Wildman–Crippen MR) is 91.8 cm³/mol. The van der Waals surface area contributed by atoms with Crippen molar-refractivity contribution >= 4 is 5.91 Å². The third kappa shape index (κ3) is 3.52. The van der Waals surface area contributed by atoms with Gasteiger partial charge in [-0.25, -0.2) is 4.98 Å². The number of amides is 1. The number of hydrogen-bond donors (Lipinski definition) is 1. The van der Waals surface area contributed by atoms with Crippen molar-refractivity contribution in [1.82, 2.24) is 14.9 Å². The van der Waals surface area contributed by atoms with Gasteiger partial charge in [0.2, 0.25) is 5.91 Å². The maximum atomic E-state index is 12.5. The van der Waals surface area contributed by atoms with Gasteiger partial charge < -0.3 is 9.88 Å².